The zero-order chi connectivity index (χ0) is 19.7. The van der Waals surface area contributed by atoms with Gasteiger partial charge in [-0.25, -0.2) is 4.98 Å². The lowest BCUT2D eigenvalue weighted by Crippen LogP contribution is -1.89. The summed E-state index contributed by atoms with van der Waals surface area (Å²) in [6.45, 7) is 0. The first-order chi connectivity index (χ1) is 13.5. The SMILES string of the molecule is O=[N+]([O-])c1cccc(-c2nc(-c3cccc(I)c3)c(-c3cccc(I)c3)[nH]2)c1. The molecule has 7 heteroatoms. The second-order valence-electron chi connectivity index (χ2n) is 6.14. The van der Waals surface area contributed by atoms with Crippen LogP contribution in [-0.2, 0) is 0 Å². The Labute approximate surface area is 188 Å². The predicted octanol–water partition coefficient (Wildman–Crippen LogP) is 6.53. The molecule has 0 spiro atoms. The molecule has 138 valence electrons. The number of nitrogens with one attached hydrogen (secondary N) is 1. The van der Waals surface area contributed by atoms with E-state index in [1.54, 1.807) is 6.07 Å². The summed E-state index contributed by atoms with van der Waals surface area (Å²) in [6.07, 6.45) is 0. The Kier molecular flexibility index (Phi) is 5.44. The maximum Gasteiger partial charge on any atom is 0.270 e. The van der Waals surface area contributed by atoms with Crippen molar-refractivity contribution in [1.29, 1.82) is 0 Å². The molecule has 1 heterocycles. The molecule has 0 saturated heterocycles. The number of nitro benzene ring substituents is 1. The molecule has 0 saturated carbocycles. The number of halogens is 2. The normalized spacial score (nSPS) is 10.8. The van der Waals surface area contributed by atoms with Crippen LogP contribution in [0.15, 0.2) is 72.8 Å². The van der Waals surface area contributed by atoms with E-state index in [9.17, 15) is 10.1 Å². The number of non-ortho nitro benzene ring substituents is 1. The number of rotatable bonds is 4. The molecule has 4 aromatic rings. The molecule has 28 heavy (non-hydrogen) atoms. The third kappa shape index (κ3) is 3.95. The molecule has 0 radical (unpaired) electrons. The van der Waals surface area contributed by atoms with Crippen LogP contribution in [0.25, 0.3) is 33.9 Å². The van der Waals surface area contributed by atoms with E-state index >= 15 is 0 Å². The third-order valence-corrected chi connectivity index (χ3v) is 5.59. The summed E-state index contributed by atoms with van der Waals surface area (Å²) >= 11 is 4.56. The summed E-state index contributed by atoms with van der Waals surface area (Å²) < 4.78 is 2.23. The number of H-pyrrole nitrogens is 1. The highest BCUT2D eigenvalue weighted by atomic mass is 127. The topological polar surface area (TPSA) is 71.8 Å². The molecule has 0 aliphatic carbocycles. The molecule has 0 amide bonds. The number of nitro groups is 1. The van der Waals surface area contributed by atoms with Crippen molar-refractivity contribution in [1.82, 2.24) is 9.97 Å². The lowest BCUT2D eigenvalue weighted by molar-refractivity contribution is -0.384. The fourth-order valence-electron chi connectivity index (χ4n) is 2.97. The van der Waals surface area contributed by atoms with Crippen LogP contribution >= 0.6 is 45.2 Å². The highest BCUT2D eigenvalue weighted by Crippen LogP contribution is 2.34. The van der Waals surface area contributed by atoms with Crippen molar-refractivity contribution in [2.75, 3.05) is 0 Å². The molecular formula is C21H13I2N3O2. The van der Waals surface area contributed by atoms with Gasteiger partial charge in [0.05, 0.1) is 16.3 Å². The lowest BCUT2D eigenvalue weighted by atomic mass is 10.1. The van der Waals surface area contributed by atoms with E-state index in [1.807, 2.05) is 42.5 Å². The predicted molar refractivity (Wildman–Crippen MR) is 127 cm³/mol. The molecule has 0 unspecified atom stereocenters. The van der Waals surface area contributed by atoms with Gasteiger partial charge in [0.2, 0.25) is 0 Å². The second kappa shape index (κ2) is 8.00. The molecule has 0 bridgehead atoms. The van der Waals surface area contributed by atoms with Gasteiger partial charge in [0, 0.05) is 36.0 Å². The van der Waals surface area contributed by atoms with E-state index in [-0.39, 0.29) is 5.69 Å². The first kappa shape index (κ1) is 19.1. The van der Waals surface area contributed by atoms with Gasteiger partial charge in [-0.15, -0.1) is 0 Å². The largest absolute Gasteiger partial charge is 0.337 e. The van der Waals surface area contributed by atoms with Gasteiger partial charge in [-0.3, -0.25) is 10.1 Å². The zero-order valence-electron chi connectivity index (χ0n) is 14.4. The van der Waals surface area contributed by atoms with E-state index in [2.05, 4.69) is 62.3 Å². The molecule has 1 N–H and O–H groups in total. The number of aromatic nitrogens is 2. The molecule has 4 rings (SSSR count). The summed E-state index contributed by atoms with van der Waals surface area (Å²) in [4.78, 5) is 19.0. The quantitative estimate of drug-likeness (QED) is 0.166. The monoisotopic (exact) mass is 593 g/mol. The highest BCUT2D eigenvalue weighted by Gasteiger charge is 2.17. The van der Waals surface area contributed by atoms with Crippen molar-refractivity contribution >= 4 is 50.9 Å². The number of benzene rings is 3. The Morgan fingerprint density at radius 1 is 0.821 bits per heavy atom. The van der Waals surface area contributed by atoms with Crippen LogP contribution in [0.1, 0.15) is 0 Å². The van der Waals surface area contributed by atoms with Gasteiger partial charge in [-0.2, -0.15) is 0 Å². The van der Waals surface area contributed by atoms with Crippen molar-refractivity contribution in [3.8, 4) is 33.9 Å². The Morgan fingerprint density at radius 2 is 1.43 bits per heavy atom. The van der Waals surface area contributed by atoms with Crippen LogP contribution < -0.4 is 0 Å². The highest BCUT2D eigenvalue weighted by molar-refractivity contribution is 14.1. The van der Waals surface area contributed by atoms with Gasteiger partial charge < -0.3 is 4.98 Å². The minimum Gasteiger partial charge on any atom is -0.337 e. The van der Waals surface area contributed by atoms with Crippen LogP contribution in [0.4, 0.5) is 5.69 Å². The molecule has 0 aliphatic rings. The van der Waals surface area contributed by atoms with Gasteiger partial charge >= 0.3 is 0 Å². The molecule has 1 aromatic heterocycles. The summed E-state index contributed by atoms with van der Waals surface area (Å²) in [5, 5.41) is 11.1. The second-order valence-corrected chi connectivity index (χ2v) is 8.63. The van der Waals surface area contributed by atoms with Crippen molar-refractivity contribution in [3.63, 3.8) is 0 Å². The van der Waals surface area contributed by atoms with Crippen LogP contribution in [0, 0.1) is 17.3 Å². The molecule has 0 atom stereocenters. The summed E-state index contributed by atoms with van der Waals surface area (Å²) in [5.41, 5.74) is 4.45. The van der Waals surface area contributed by atoms with Crippen LogP contribution in [0.2, 0.25) is 0 Å². The van der Waals surface area contributed by atoms with Crippen molar-refractivity contribution in [2.24, 2.45) is 0 Å². The molecular weight excluding hydrogens is 580 g/mol. The number of hydrogen-bond donors (Lipinski definition) is 1. The first-order valence-electron chi connectivity index (χ1n) is 8.38. The zero-order valence-corrected chi connectivity index (χ0v) is 18.7. The van der Waals surface area contributed by atoms with Crippen molar-refractivity contribution < 1.29 is 4.92 Å². The van der Waals surface area contributed by atoms with E-state index in [4.69, 9.17) is 4.98 Å². The van der Waals surface area contributed by atoms with Gasteiger partial charge in [-0.1, -0.05) is 36.4 Å². The standard InChI is InChI=1S/C21H13I2N3O2/c22-16-7-1-4-13(10-16)19-20(14-5-2-8-17(23)11-14)25-21(24-19)15-6-3-9-18(12-15)26(27)28/h1-12H,(H,24,25). The number of nitrogens with zero attached hydrogens (tertiary/aromatic N) is 2. The average Bonchev–Trinajstić information content (AvgIpc) is 3.14. The van der Waals surface area contributed by atoms with E-state index in [0.29, 0.717) is 11.4 Å². The minimum absolute atomic E-state index is 0.0421. The maximum atomic E-state index is 11.1. The van der Waals surface area contributed by atoms with Gasteiger partial charge in [0.25, 0.3) is 5.69 Å². The van der Waals surface area contributed by atoms with Crippen molar-refractivity contribution in [3.05, 3.63) is 90.1 Å². The van der Waals surface area contributed by atoms with Gasteiger partial charge in [-0.05, 0) is 69.4 Å². The molecule has 0 aliphatic heterocycles. The summed E-state index contributed by atoms with van der Waals surface area (Å²) in [6, 6.07) is 22.8. The Bertz CT molecular complexity index is 1120. The number of imidazole rings is 1. The molecule has 5 nitrogen and oxygen atoms in total. The maximum absolute atomic E-state index is 11.1. The fraction of sp³-hybridized carbons (Fsp3) is 0. The summed E-state index contributed by atoms with van der Waals surface area (Å²) in [5.74, 6) is 0.603. The lowest BCUT2D eigenvalue weighted by Gasteiger charge is -2.04. The third-order valence-electron chi connectivity index (χ3n) is 4.25. The van der Waals surface area contributed by atoms with Gasteiger partial charge in [0.15, 0.2) is 0 Å². The van der Waals surface area contributed by atoms with E-state index in [1.165, 1.54) is 12.1 Å². The minimum atomic E-state index is -0.395. The van der Waals surface area contributed by atoms with E-state index in [0.717, 1.165) is 29.7 Å². The number of hydrogen-bond acceptors (Lipinski definition) is 3. The number of aromatic amines is 1. The Balaban J connectivity index is 1.92. The fourth-order valence-corrected chi connectivity index (χ4v) is 4.06. The van der Waals surface area contributed by atoms with Crippen LogP contribution in [0.3, 0.4) is 0 Å². The smallest absolute Gasteiger partial charge is 0.270 e. The first-order valence-corrected chi connectivity index (χ1v) is 10.5. The van der Waals surface area contributed by atoms with Crippen LogP contribution in [0.5, 0.6) is 0 Å². The van der Waals surface area contributed by atoms with Crippen molar-refractivity contribution in [2.45, 2.75) is 0 Å². The summed E-state index contributed by atoms with van der Waals surface area (Å²) in [7, 11) is 0. The Hall–Kier alpha value is -2.27. The molecule has 0 fully saturated rings. The van der Waals surface area contributed by atoms with Gasteiger partial charge in [0.1, 0.15) is 5.82 Å². The molecule has 3 aromatic carbocycles. The van der Waals surface area contributed by atoms with E-state index < -0.39 is 4.92 Å². The van der Waals surface area contributed by atoms with Crippen LogP contribution in [-0.4, -0.2) is 14.9 Å². The Morgan fingerprint density at radius 3 is 2.11 bits per heavy atom. The average molecular weight is 593 g/mol.